The standard InChI is InChI=1S/C8H11F3O3/c9-8(10,11)6(7(12)13)4-5-2-1-3-14-5/h5-6H,1-4H2,(H,12,13)/t5-,6-/m0/s1. The first-order chi connectivity index (χ1) is 6.41. The number of carboxylic acid groups (broad SMARTS) is 1. The Morgan fingerprint density at radius 2 is 2.21 bits per heavy atom. The van der Waals surface area contributed by atoms with Gasteiger partial charge in [-0.1, -0.05) is 0 Å². The first-order valence-electron chi connectivity index (χ1n) is 4.32. The minimum Gasteiger partial charge on any atom is -0.481 e. The second kappa shape index (κ2) is 4.16. The summed E-state index contributed by atoms with van der Waals surface area (Å²) in [6.45, 7) is 0.425. The molecule has 1 saturated heterocycles. The van der Waals surface area contributed by atoms with Gasteiger partial charge in [0.2, 0.25) is 0 Å². The number of hydrogen-bond donors (Lipinski definition) is 1. The lowest BCUT2D eigenvalue weighted by molar-refractivity contribution is -0.198. The summed E-state index contributed by atoms with van der Waals surface area (Å²) in [6.07, 6.45) is -4.50. The van der Waals surface area contributed by atoms with Crippen molar-refractivity contribution in [3.63, 3.8) is 0 Å². The zero-order valence-corrected chi connectivity index (χ0v) is 7.38. The smallest absolute Gasteiger partial charge is 0.402 e. The fourth-order valence-corrected chi connectivity index (χ4v) is 1.47. The molecule has 1 aliphatic rings. The fourth-order valence-electron chi connectivity index (χ4n) is 1.47. The maximum atomic E-state index is 12.2. The first-order valence-corrected chi connectivity index (χ1v) is 4.32. The van der Waals surface area contributed by atoms with Crippen molar-refractivity contribution in [3.8, 4) is 0 Å². The van der Waals surface area contributed by atoms with Gasteiger partial charge in [-0.2, -0.15) is 13.2 Å². The van der Waals surface area contributed by atoms with E-state index in [0.717, 1.165) is 0 Å². The van der Waals surface area contributed by atoms with Crippen molar-refractivity contribution in [1.29, 1.82) is 0 Å². The molecule has 0 aromatic rings. The number of rotatable bonds is 3. The Bertz CT molecular complexity index is 208. The molecule has 0 amide bonds. The molecule has 0 spiro atoms. The molecule has 0 unspecified atom stereocenters. The summed E-state index contributed by atoms with van der Waals surface area (Å²) in [5.41, 5.74) is 0. The summed E-state index contributed by atoms with van der Waals surface area (Å²) in [5.74, 6) is -4.13. The number of aliphatic carboxylic acids is 1. The van der Waals surface area contributed by atoms with E-state index in [1.54, 1.807) is 0 Å². The van der Waals surface area contributed by atoms with Crippen LogP contribution in [0, 0.1) is 5.92 Å². The van der Waals surface area contributed by atoms with Crippen LogP contribution in [0.2, 0.25) is 0 Å². The highest BCUT2D eigenvalue weighted by atomic mass is 19.4. The SMILES string of the molecule is O=C(O)[C@H](C[C@@H]1CCCO1)C(F)(F)F. The van der Waals surface area contributed by atoms with Gasteiger partial charge in [0.15, 0.2) is 5.92 Å². The van der Waals surface area contributed by atoms with Gasteiger partial charge in [-0.15, -0.1) is 0 Å². The fraction of sp³-hybridized carbons (Fsp3) is 0.875. The van der Waals surface area contributed by atoms with E-state index in [0.29, 0.717) is 19.4 Å². The highest BCUT2D eigenvalue weighted by Crippen LogP contribution is 2.32. The van der Waals surface area contributed by atoms with Crippen LogP contribution in [0.5, 0.6) is 0 Å². The third kappa shape index (κ3) is 2.87. The maximum absolute atomic E-state index is 12.2. The molecule has 0 aliphatic carbocycles. The average Bonchev–Trinajstić information content (AvgIpc) is 2.48. The molecule has 6 heteroatoms. The monoisotopic (exact) mass is 212 g/mol. The minimum atomic E-state index is -4.68. The van der Waals surface area contributed by atoms with Crippen LogP contribution in [0.15, 0.2) is 0 Å². The van der Waals surface area contributed by atoms with Gasteiger partial charge in [-0.3, -0.25) is 4.79 Å². The third-order valence-corrected chi connectivity index (χ3v) is 2.22. The van der Waals surface area contributed by atoms with Crippen molar-refractivity contribution in [2.75, 3.05) is 6.61 Å². The second-order valence-corrected chi connectivity index (χ2v) is 3.30. The van der Waals surface area contributed by atoms with Crippen LogP contribution in [-0.4, -0.2) is 30.0 Å². The molecule has 0 saturated carbocycles. The second-order valence-electron chi connectivity index (χ2n) is 3.30. The first kappa shape index (κ1) is 11.3. The van der Waals surface area contributed by atoms with Crippen LogP contribution in [0.1, 0.15) is 19.3 Å². The molecule has 3 nitrogen and oxygen atoms in total. The predicted molar refractivity (Wildman–Crippen MR) is 40.8 cm³/mol. The zero-order chi connectivity index (χ0) is 10.8. The molecule has 1 heterocycles. The molecule has 1 N–H and O–H groups in total. The summed E-state index contributed by atoms with van der Waals surface area (Å²) in [5, 5.41) is 8.39. The van der Waals surface area contributed by atoms with Gasteiger partial charge in [-0.05, 0) is 19.3 Å². The molecule has 82 valence electrons. The number of carbonyl (C=O) groups is 1. The lowest BCUT2D eigenvalue weighted by Crippen LogP contribution is -2.33. The van der Waals surface area contributed by atoms with Crippen molar-refractivity contribution in [3.05, 3.63) is 0 Å². The van der Waals surface area contributed by atoms with Crippen LogP contribution in [-0.2, 0) is 9.53 Å². The Labute approximate surface area is 78.9 Å². The van der Waals surface area contributed by atoms with Crippen LogP contribution in [0.25, 0.3) is 0 Å². The van der Waals surface area contributed by atoms with E-state index in [-0.39, 0.29) is 0 Å². The Hall–Kier alpha value is -0.780. The van der Waals surface area contributed by atoms with Crippen LogP contribution in [0.3, 0.4) is 0 Å². The highest BCUT2D eigenvalue weighted by molar-refractivity contribution is 5.70. The Morgan fingerprint density at radius 1 is 1.57 bits per heavy atom. The minimum absolute atomic E-state index is 0.425. The van der Waals surface area contributed by atoms with Crippen molar-refractivity contribution >= 4 is 5.97 Å². The van der Waals surface area contributed by atoms with E-state index < -0.39 is 30.6 Å². The molecule has 0 bridgehead atoms. The summed E-state index contributed by atoms with van der Waals surface area (Å²) in [4.78, 5) is 10.4. The predicted octanol–water partition coefficient (Wildman–Crippen LogP) is 1.82. The highest BCUT2D eigenvalue weighted by Gasteiger charge is 2.46. The summed E-state index contributed by atoms with van der Waals surface area (Å²) >= 11 is 0. The number of alkyl halides is 3. The van der Waals surface area contributed by atoms with E-state index in [2.05, 4.69) is 0 Å². The molecule has 1 aliphatic heterocycles. The van der Waals surface area contributed by atoms with Crippen LogP contribution in [0.4, 0.5) is 13.2 Å². The van der Waals surface area contributed by atoms with Crippen LogP contribution >= 0.6 is 0 Å². The van der Waals surface area contributed by atoms with Crippen molar-refractivity contribution < 1.29 is 27.8 Å². The number of hydrogen-bond acceptors (Lipinski definition) is 2. The molecule has 0 aromatic heterocycles. The third-order valence-electron chi connectivity index (χ3n) is 2.22. The van der Waals surface area contributed by atoms with E-state index in [9.17, 15) is 18.0 Å². The maximum Gasteiger partial charge on any atom is 0.402 e. The van der Waals surface area contributed by atoms with Gasteiger partial charge in [0.1, 0.15) is 0 Å². The largest absolute Gasteiger partial charge is 0.481 e. The summed E-state index contributed by atoms with van der Waals surface area (Å²) in [7, 11) is 0. The zero-order valence-electron chi connectivity index (χ0n) is 7.38. The van der Waals surface area contributed by atoms with Crippen molar-refractivity contribution in [1.82, 2.24) is 0 Å². The van der Waals surface area contributed by atoms with Crippen LogP contribution < -0.4 is 0 Å². The van der Waals surface area contributed by atoms with Gasteiger partial charge in [0.25, 0.3) is 0 Å². The van der Waals surface area contributed by atoms with E-state index >= 15 is 0 Å². The van der Waals surface area contributed by atoms with E-state index in [4.69, 9.17) is 9.84 Å². The summed E-state index contributed by atoms with van der Waals surface area (Å²) < 4.78 is 41.5. The van der Waals surface area contributed by atoms with Crippen molar-refractivity contribution in [2.45, 2.75) is 31.5 Å². The lowest BCUT2D eigenvalue weighted by Gasteiger charge is -2.18. The Kier molecular flexibility index (Phi) is 3.36. The molecular weight excluding hydrogens is 201 g/mol. The van der Waals surface area contributed by atoms with Gasteiger partial charge in [0, 0.05) is 6.61 Å². The normalized spacial score (nSPS) is 24.9. The Balaban J connectivity index is 2.55. The van der Waals surface area contributed by atoms with Gasteiger partial charge in [0.05, 0.1) is 6.10 Å². The number of ether oxygens (including phenoxy) is 1. The Morgan fingerprint density at radius 3 is 2.57 bits per heavy atom. The molecule has 0 radical (unpaired) electrons. The van der Waals surface area contributed by atoms with E-state index in [1.807, 2.05) is 0 Å². The van der Waals surface area contributed by atoms with Crippen molar-refractivity contribution in [2.24, 2.45) is 5.92 Å². The topological polar surface area (TPSA) is 46.5 Å². The average molecular weight is 212 g/mol. The number of halogens is 3. The van der Waals surface area contributed by atoms with Gasteiger partial charge in [-0.25, -0.2) is 0 Å². The molecular formula is C8H11F3O3. The quantitative estimate of drug-likeness (QED) is 0.776. The molecule has 1 rings (SSSR count). The molecule has 0 aromatic carbocycles. The van der Waals surface area contributed by atoms with Gasteiger partial charge >= 0.3 is 12.1 Å². The summed E-state index contributed by atoms with van der Waals surface area (Å²) in [6, 6.07) is 0. The molecule has 1 fully saturated rings. The number of carboxylic acids is 1. The van der Waals surface area contributed by atoms with Gasteiger partial charge < -0.3 is 9.84 Å². The molecule has 2 atom stereocenters. The lowest BCUT2D eigenvalue weighted by atomic mass is 9.99. The molecule has 14 heavy (non-hydrogen) atoms. The van der Waals surface area contributed by atoms with E-state index in [1.165, 1.54) is 0 Å².